The van der Waals surface area contributed by atoms with Gasteiger partial charge in [0.25, 0.3) is 0 Å². The van der Waals surface area contributed by atoms with E-state index in [1.165, 1.54) is 11.1 Å². The Balaban J connectivity index is 0.823. The van der Waals surface area contributed by atoms with Crippen molar-refractivity contribution in [2.75, 3.05) is 50.0 Å². The lowest BCUT2D eigenvalue weighted by Crippen LogP contribution is -2.16. The Morgan fingerprint density at radius 1 is 0.516 bits per heavy atom. The zero-order chi connectivity index (χ0) is 44.8. The monoisotopic (exact) mass is 890 g/mol. The Bertz CT molecular complexity index is 2070. The highest BCUT2D eigenvalue weighted by Crippen LogP contribution is 2.31. The van der Waals surface area contributed by atoms with Crippen molar-refractivity contribution in [1.82, 2.24) is 10.6 Å². The number of ether oxygens (including phenoxy) is 2. The van der Waals surface area contributed by atoms with Gasteiger partial charge in [-0.15, -0.1) is 0 Å². The summed E-state index contributed by atoms with van der Waals surface area (Å²) in [6, 6.07) is 37.4. The van der Waals surface area contributed by atoms with Gasteiger partial charge in [0.1, 0.15) is 23.0 Å². The maximum Gasteiger partial charge on any atom is 0.319 e. The van der Waals surface area contributed by atoms with E-state index in [0.29, 0.717) is 26.3 Å². The lowest BCUT2D eigenvalue weighted by atomic mass is 10.1. The summed E-state index contributed by atoms with van der Waals surface area (Å²) >= 11 is 0. The van der Waals surface area contributed by atoms with Gasteiger partial charge < -0.3 is 48.6 Å². The molecule has 64 heavy (non-hydrogen) atoms. The van der Waals surface area contributed by atoms with Gasteiger partial charge in [0.2, 0.25) is 0 Å². The minimum absolute atomic E-state index is 0.170. The van der Waals surface area contributed by atoms with Crippen molar-refractivity contribution in [3.05, 3.63) is 144 Å². The van der Waals surface area contributed by atoms with Gasteiger partial charge in [-0.2, -0.15) is 0 Å². The molecule has 0 aliphatic rings. The summed E-state index contributed by atoms with van der Waals surface area (Å²) in [5.74, 6) is 3.47. The first-order valence-corrected chi connectivity index (χ1v) is 24.0. The number of rotatable bonds is 30. The summed E-state index contributed by atoms with van der Waals surface area (Å²) in [6.45, 7) is 13.4. The van der Waals surface area contributed by atoms with Crippen molar-refractivity contribution >= 4 is 19.6 Å². The number of aryl methyl sites for hydroxylation is 2. The van der Waals surface area contributed by atoms with E-state index in [2.05, 4.69) is 81.9 Å². The van der Waals surface area contributed by atoms with Crippen LogP contribution in [0.1, 0.15) is 75.6 Å². The molecular weight excluding hydrogens is 824 g/mol. The van der Waals surface area contributed by atoms with Gasteiger partial charge in [0.15, 0.2) is 0 Å². The van der Waals surface area contributed by atoms with E-state index in [9.17, 15) is 4.57 Å². The molecule has 0 amide bonds. The molecule has 2 heterocycles. The van der Waals surface area contributed by atoms with Gasteiger partial charge in [-0.05, 0) is 174 Å². The molecular formula is C52H67N4O7P. The second kappa shape index (κ2) is 26.5. The summed E-state index contributed by atoms with van der Waals surface area (Å²) in [7, 11) is -2.55. The number of nitrogens with one attached hydrogen (secondary N) is 4. The van der Waals surface area contributed by atoms with E-state index in [1.807, 2.05) is 76.2 Å². The van der Waals surface area contributed by atoms with Gasteiger partial charge in [-0.1, -0.05) is 36.4 Å². The average Bonchev–Trinajstić information content (AvgIpc) is 4.04. The summed E-state index contributed by atoms with van der Waals surface area (Å²) in [4.78, 5) is 0. The zero-order valence-electron chi connectivity index (χ0n) is 38.0. The summed E-state index contributed by atoms with van der Waals surface area (Å²) in [5.41, 5.74) is 9.05. The highest BCUT2D eigenvalue weighted by molar-refractivity contribution is 7.33. The first kappa shape index (κ1) is 48.2. The fourth-order valence-electron chi connectivity index (χ4n) is 7.24. The average molecular weight is 891 g/mol. The molecule has 0 fully saturated rings. The molecule has 12 heteroatoms. The highest BCUT2D eigenvalue weighted by Gasteiger charge is 2.12. The maximum absolute atomic E-state index is 12.4. The van der Waals surface area contributed by atoms with E-state index < -0.39 is 8.25 Å². The van der Waals surface area contributed by atoms with Crippen LogP contribution in [0.15, 0.2) is 131 Å². The summed E-state index contributed by atoms with van der Waals surface area (Å²) < 4.78 is 46.5. The molecule has 0 radical (unpaired) electrons. The molecule has 6 aromatic rings. The van der Waals surface area contributed by atoms with Crippen molar-refractivity contribution < 1.29 is 31.9 Å². The van der Waals surface area contributed by atoms with E-state index in [0.717, 1.165) is 121 Å². The van der Waals surface area contributed by atoms with E-state index in [-0.39, 0.29) is 12.2 Å². The molecule has 0 saturated heterocycles. The van der Waals surface area contributed by atoms with Crippen molar-refractivity contribution in [3.63, 3.8) is 0 Å². The van der Waals surface area contributed by atoms with Crippen molar-refractivity contribution in [3.8, 4) is 34.1 Å². The van der Waals surface area contributed by atoms with Gasteiger partial charge in [0.05, 0.1) is 37.9 Å². The molecule has 6 rings (SSSR count). The van der Waals surface area contributed by atoms with Crippen LogP contribution in [0.2, 0.25) is 0 Å². The SMILES string of the molecule is CC(C)Oc1ccc(CCCNc2ccc(CNCCCO[PH](=O)OCCCNCc3ccc(NCCCc4ccc(OC(C)C)cc4)c(-c4ccco4)c3)cc2-c2ccco2)cc1. The normalized spacial score (nSPS) is 11.5. The molecule has 0 spiro atoms. The standard InChI is InChI=1S/C52H67N4O7P/c1-39(2)62-45-21-15-41(16-22-45)11-5-29-55-49-25-19-43(35-47(49)51-13-7-31-58-51)37-53-27-9-33-60-64(57)61-34-10-28-54-38-44-20-26-50(48(36-44)52-14-8-32-59-52)56-30-6-12-42-17-23-46(24-18-42)63-40(3)4/h7-8,13-26,31-32,35-36,39-40,53-56,64H,5-6,9-12,27-30,33-34,37-38H2,1-4H3. The van der Waals surface area contributed by atoms with Crippen molar-refractivity contribution in [2.24, 2.45) is 0 Å². The van der Waals surface area contributed by atoms with Crippen LogP contribution in [0, 0.1) is 0 Å². The second-order valence-electron chi connectivity index (χ2n) is 16.4. The summed E-state index contributed by atoms with van der Waals surface area (Å²) in [6.07, 6.45) is 9.15. The topological polar surface area (TPSA) is 128 Å². The Morgan fingerprint density at radius 2 is 0.938 bits per heavy atom. The predicted octanol–water partition coefficient (Wildman–Crippen LogP) is 12.0. The van der Waals surface area contributed by atoms with Crippen LogP contribution in [0.4, 0.5) is 11.4 Å². The molecule has 4 N–H and O–H groups in total. The van der Waals surface area contributed by atoms with Crippen molar-refractivity contribution in [1.29, 1.82) is 0 Å². The van der Waals surface area contributed by atoms with Crippen LogP contribution in [0.3, 0.4) is 0 Å². The number of anilines is 2. The molecule has 0 saturated carbocycles. The van der Waals surface area contributed by atoms with Crippen LogP contribution < -0.4 is 30.7 Å². The fourth-order valence-corrected chi connectivity index (χ4v) is 7.95. The molecule has 0 unspecified atom stereocenters. The van der Waals surface area contributed by atoms with Crippen LogP contribution in [-0.4, -0.2) is 51.6 Å². The smallest absolute Gasteiger partial charge is 0.319 e. The maximum atomic E-state index is 12.4. The number of hydrogen-bond acceptors (Lipinski definition) is 11. The summed E-state index contributed by atoms with van der Waals surface area (Å²) in [5, 5.41) is 14.2. The molecule has 0 aliphatic carbocycles. The van der Waals surface area contributed by atoms with Gasteiger partial charge >= 0.3 is 8.25 Å². The fraction of sp³-hybridized carbons (Fsp3) is 0.385. The zero-order valence-corrected chi connectivity index (χ0v) is 39.0. The Kier molecular flexibility index (Phi) is 19.9. The van der Waals surface area contributed by atoms with E-state index >= 15 is 0 Å². The quantitative estimate of drug-likeness (QED) is 0.0255. The predicted molar refractivity (Wildman–Crippen MR) is 260 cm³/mol. The molecule has 0 bridgehead atoms. The molecule has 342 valence electrons. The lowest BCUT2D eigenvalue weighted by molar-refractivity contribution is 0.220. The number of furan rings is 2. The third-order valence-electron chi connectivity index (χ3n) is 10.3. The lowest BCUT2D eigenvalue weighted by Gasteiger charge is -2.14. The first-order chi connectivity index (χ1) is 31.3. The molecule has 11 nitrogen and oxygen atoms in total. The van der Waals surface area contributed by atoms with Crippen molar-refractivity contribution in [2.45, 2.75) is 91.5 Å². The van der Waals surface area contributed by atoms with Gasteiger partial charge in [-0.25, -0.2) is 0 Å². The van der Waals surface area contributed by atoms with Gasteiger partial charge in [-0.3, -0.25) is 4.57 Å². The Hall–Kier alpha value is -5.29. The Labute approximate surface area is 380 Å². The molecule has 2 aromatic heterocycles. The number of benzene rings is 4. The Morgan fingerprint density at radius 3 is 1.33 bits per heavy atom. The van der Waals surface area contributed by atoms with Crippen LogP contribution in [-0.2, 0) is 39.5 Å². The first-order valence-electron chi connectivity index (χ1n) is 22.8. The van der Waals surface area contributed by atoms with Crippen LogP contribution >= 0.6 is 8.25 Å². The second-order valence-corrected chi connectivity index (χ2v) is 17.5. The molecule has 4 aromatic carbocycles. The molecule has 0 aliphatic heterocycles. The minimum atomic E-state index is -2.55. The van der Waals surface area contributed by atoms with Gasteiger partial charge in [0, 0.05) is 48.7 Å². The number of hydrogen-bond donors (Lipinski definition) is 4. The van der Waals surface area contributed by atoms with E-state index in [4.69, 9.17) is 27.4 Å². The third-order valence-corrected chi connectivity index (χ3v) is 11.2. The third kappa shape index (κ3) is 16.7. The highest BCUT2D eigenvalue weighted by atomic mass is 31.1. The molecule has 0 atom stereocenters. The minimum Gasteiger partial charge on any atom is -0.491 e. The van der Waals surface area contributed by atoms with E-state index in [1.54, 1.807) is 12.5 Å². The van der Waals surface area contributed by atoms with Crippen LogP contribution in [0.5, 0.6) is 11.5 Å². The largest absolute Gasteiger partial charge is 0.491 e. The van der Waals surface area contributed by atoms with Crippen LogP contribution in [0.25, 0.3) is 22.6 Å².